The third kappa shape index (κ3) is 11.1. The first-order valence-electron chi connectivity index (χ1n) is 4.00. The van der Waals surface area contributed by atoms with Gasteiger partial charge in [-0.25, -0.2) is 4.57 Å². The molecule has 80 valence electrons. The van der Waals surface area contributed by atoms with E-state index < -0.39 is 7.82 Å². The first-order valence-corrected chi connectivity index (χ1v) is 5.57. The molecule has 0 unspecified atom stereocenters. The third-order valence-electron chi connectivity index (χ3n) is 1.15. The fraction of sp³-hybridized carbons (Fsp3) is 0.250. The van der Waals surface area contributed by atoms with Crippen LogP contribution in [0.3, 0.4) is 0 Å². The fourth-order valence-electron chi connectivity index (χ4n) is 0.760. The number of anilines is 1. The molecule has 0 aromatic heterocycles. The lowest BCUT2D eigenvalue weighted by Gasteiger charge is -1.99. The molecule has 14 heavy (non-hydrogen) atoms. The summed E-state index contributed by atoms with van der Waals surface area (Å²) in [4.78, 5) is 21.6. The number of phosphoric acid groups is 1. The highest BCUT2D eigenvalue weighted by molar-refractivity contribution is 7.45. The van der Waals surface area contributed by atoms with Gasteiger partial charge in [0.2, 0.25) is 0 Å². The van der Waals surface area contributed by atoms with E-state index in [1.54, 1.807) is 0 Å². The van der Waals surface area contributed by atoms with Crippen molar-refractivity contribution in [2.75, 3.05) is 11.9 Å². The van der Waals surface area contributed by atoms with Gasteiger partial charge in [0.1, 0.15) is 0 Å². The maximum atomic E-state index is 8.88. The van der Waals surface area contributed by atoms with Crippen molar-refractivity contribution in [3.05, 3.63) is 30.3 Å². The monoisotopic (exact) mass is 219 g/mol. The van der Waals surface area contributed by atoms with Gasteiger partial charge >= 0.3 is 7.82 Å². The van der Waals surface area contributed by atoms with Gasteiger partial charge in [0.05, 0.1) is 0 Å². The molecule has 1 rings (SSSR count). The van der Waals surface area contributed by atoms with Crippen LogP contribution in [0.2, 0.25) is 0 Å². The van der Waals surface area contributed by atoms with E-state index in [4.69, 9.17) is 19.2 Å². The average Bonchev–Trinajstić information content (AvgIpc) is 2.03. The molecule has 0 fully saturated rings. The lowest BCUT2D eigenvalue weighted by Crippen LogP contribution is -1.94. The summed E-state index contributed by atoms with van der Waals surface area (Å²) in [5, 5.41) is 3.21. The van der Waals surface area contributed by atoms with Crippen LogP contribution in [0.5, 0.6) is 0 Å². The highest BCUT2D eigenvalue weighted by Crippen LogP contribution is 2.25. The largest absolute Gasteiger partial charge is 0.466 e. The summed E-state index contributed by atoms with van der Waals surface area (Å²) < 4.78 is 8.88. The van der Waals surface area contributed by atoms with Crippen molar-refractivity contribution in [1.29, 1.82) is 0 Å². The zero-order chi connectivity index (χ0) is 11.0. The number of hydrogen-bond donors (Lipinski definition) is 4. The Morgan fingerprint density at radius 1 is 1.21 bits per heavy atom. The Morgan fingerprint density at radius 3 is 2.00 bits per heavy atom. The minimum absolute atomic E-state index is 0.990. The Bertz CT molecular complexity index is 276. The third-order valence-corrected chi connectivity index (χ3v) is 1.15. The van der Waals surface area contributed by atoms with Crippen LogP contribution in [0.1, 0.15) is 6.92 Å². The standard InChI is InChI=1S/C8H11N.H3O4P/c1-2-9-8-6-4-3-5-7-8;1-5(2,3)4/h3-7,9H,2H2,1H3;(H3,1,2,3,4). The molecule has 5 nitrogen and oxygen atoms in total. The molecule has 0 heterocycles. The van der Waals surface area contributed by atoms with E-state index in [0.29, 0.717) is 0 Å². The Hall–Kier alpha value is -0.870. The summed E-state index contributed by atoms with van der Waals surface area (Å²) in [5.41, 5.74) is 1.19. The molecule has 0 spiro atoms. The number of nitrogens with one attached hydrogen (secondary N) is 1. The minimum atomic E-state index is -4.64. The number of hydrogen-bond acceptors (Lipinski definition) is 2. The van der Waals surface area contributed by atoms with Crippen LogP contribution in [0.15, 0.2) is 30.3 Å². The van der Waals surface area contributed by atoms with Crippen LogP contribution in [0.25, 0.3) is 0 Å². The van der Waals surface area contributed by atoms with Crippen molar-refractivity contribution in [3.63, 3.8) is 0 Å². The van der Waals surface area contributed by atoms with Crippen LogP contribution in [-0.4, -0.2) is 21.2 Å². The van der Waals surface area contributed by atoms with Crippen LogP contribution >= 0.6 is 7.82 Å². The molecule has 6 heteroatoms. The fourth-order valence-corrected chi connectivity index (χ4v) is 0.760. The van der Waals surface area contributed by atoms with Crippen molar-refractivity contribution in [2.45, 2.75) is 6.92 Å². The van der Waals surface area contributed by atoms with Crippen molar-refractivity contribution in [3.8, 4) is 0 Å². The van der Waals surface area contributed by atoms with Gasteiger partial charge in [-0.1, -0.05) is 18.2 Å². The van der Waals surface area contributed by atoms with Crippen LogP contribution in [0.4, 0.5) is 5.69 Å². The maximum Gasteiger partial charge on any atom is 0.466 e. The second-order valence-corrected chi connectivity index (χ2v) is 3.44. The van der Waals surface area contributed by atoms with E-state index in [9.17, 15) is 0 Å². The number of para-hydroxylation sites is 1. The molecule has 0 aliphatic rings. The molecule has 0 saturated heterocycles. The highest BCUT2D eigenvalue weighted by Gasteiger charge is 2.00. The van der Waals surface area contributed by atoms with Gasteiger partial charge in [0.15, 0.2) is 0 Å². The normalized spacial score (nSPS) is 10.0. The van der Waals surface area contributed by atoms with E-state index in [2.05, 4.69) is 24.4 Å². The molecular formula is C8H14NO4P. The summed E-state index contributed by atoms with van der Waals surface area (Å²) in [7, 11) is -4.64. The van der Waals surface area contributed by atoms with Gasteiger partial charge in [-0.3, -0.25) is 0 Å². The SMILES string of the molecule is CCNc1ccccc1.O=P(O)(O)O. The van der Waals surface area contributed by atoms with E-state index >= 15 is 0 Å². The molecular weight excluding hydrogens is 205 g/mol. The lowest BCUT2D eigenvalue weighted by molar-refractivity contribution is 0.275. The number of benzene rings is 1. The molecule has 0 aliphatic carbocycles. The smallest absolute Gasteiger partial charge is 0.385 e. The van der Waals surface area contributed by atoms with Gasteiger partial charge in [-0.2, -0.15) is 0 Å². The van der Waals surface area contributed by atoms with Crippen molar-refractivity contribution < 1.29 is 19.2 Å². The highest BCUT2D eigenvalue weighted by atomic mass is 31.2. The Morgan fingerprint density at radius 2 is 1.64 bits per heavy atom. The molecule has 0 bridgehead atoms. The van der Waals surface area contributed by atoms with E-state index in [0.717, 1.165) is 6.54 Å². The molecule has 1 aromatic rings. The summed E-state index contributed by atoms with van der Waals surface area (Å²) >= 11 is 0. The first kappa shape index (κ1) is 13.1. The molecule has 0 saturated carbocycles. The average molecular weight is 219 g/mol. The van der Waals surface area contributed by atoms with Gasteiger partial charge in [-0.05, 0) is 19.1 Å². The van der Waals surface area contributed by atoms with E-state index in [-0.39, 0.29) is 0 Å². The Kier molecular flexibility index (Phi) is 6.16. The number of rotatable bonds is 2. The zero-order valence-electron chi connectivity index (χ0n) is 7.79. The molecule has 0 atom stereocenters. The summed E-state index contributed by atoms with van der Waals surface area (Å²) in [6.07, 6.45) is 0. The van der Waals surface area contributed by atoms with E-state index in [1.807, 2.05) is 18.2 Å². The summed E-state index contributed by atoms with van der Waals surface area (Å²) in [6.45, 7) is 3.08. The lowest BCUT2D eigenvalue weighted by atomic mass is 10.3. The zero-order valence-corrected chi connectivity index (χ0v) is 8.69. The van der Waals surface area contributed by atoms with Gasteiger partial charge in [0.25, 0.3) is 0 Å². The molecule has 0 radical (unpaired) electrons. The second kappa shape index (κ2) is 6.56. The maximum absolute atomic E-state index is 8.88. The van der Waals surface area contributed by atoms with Crippen molar-refractivity contribution in [1.82, 2.24) is 0 Å². The van der Waals surface area contributed by atoms with Crippen molar-refractivity contribution in [2.24, 2.45) is 0 Å². The molecule has 0 aliphatic heterocycles. The minimum Gasteiger partial charge on any atom is -0.385 e. The molecule has 0 amide bonds. The summed E-state index contributed by atoms with van der Waals surface area (Å²) in [6, 6.07) is 10.2. The predicted octanol–water partition coefficient (Wildman–Crippen LogP) is 1.19. The topological polar surface area (TPSA) is 89.8 Å². The Balaban J connectivity index is 0.000000292. The quantitative estimate of drug-likeness (QED) is 0.561. The predicted molar refractivity (Wildman–Crippen MR) is 54.9 cm³/mol. The molecule has 4 N–H and O–H groups in total. The van der Waals surface area contributed by atoms with E-state index in [1.165, 1.54) is 5.69 Å². The second-order valence-electron chi connectivity index (χ2n) is 2.41. The molecule has 1 aromatic carbocycles. The van der Waals surface area contributed by atoms with Crippen LogP contribution in [-0.2, 0) is 4.57 Å². The van der Waals surface area contributed by atoms with Crippen molar-refractivity contribution >= 4 is 13.5 Å². The Labute approximate surface area is 82.6 Å². The summed E-state index contributed by atoms with van der Waals surface area (Å²) in [5.74, 6) is 0. The van der Waals surface area contributed by atoms with Crippen LogP contribution in [0, 0.1) is 0 Å². The van der Waals surface area contributed by atoms with Gasteiger partial charge < -0.3 is 20.0 Å². The first-order chi connectivity index (χ1) is 6.43. The van der Waals surface area contributed by atoms with Gasteiger partial charge in [0, 0.05) is 12.2 Å². The van der Waals surface area contributed by atoms with Crippen LogP contribution < -0.4 is 5.32 Å². The van der Waals surface area contributed by atoms with Gasteiger partial charge in [-0.15, -0.1) is 0 Å².